The van der Waals surface area contributed by atoms with Gasteiger partial charge in [-0.05, 0) is 25.2 Å². The van der Waals surface area contributed by atoms with E-state index in [0.29, 0.717) is 18.4 Å². The maximum atomic E-state index is 11.9. The Morgan fingerprint density at radius 3 is 2.50 bits per heavy atom. The molecule has 2 rings (SSSR count). The monoisotopic (exact) mass is 252 g/mol. The lowest BCUT2D eigenvalue weighted by atomic mass is 9.83. The van der Waals surface area contributed by atoms with Crippen molar-refractivity contribution in [1.29, 1.82) is 0 Å². The number of hydrogen-bond donors (Lipinski definition) is 0. The van der Waals surface area contributed by atoms with Gasteiger partial charge in [0.15, 0.2) is 0 Å². The zero-order valence-corrected chi connectivity index (χ0v) is 11.0. The summed E-state index contributed by atoms with van der Waals surface area (Å²) in [5.41, 5.74) is 0.441. The number of carbonyl (C=O) groups excluding carboxylic acids is 2. The summed E-state index contributed by atoms with van der Waals surface area (Å²) >= 11 is 0. The molecule has 1 aliphatic heterocycles. The lowest BCUT2D eigenvalue weighted by Crippen LogP contribution is -2.30. The number of cyclic esters (lactones) is 1. The predicted octanol–water partition coefficient (Wildman–Crippen LogP) is 2.23. The molecule has 2 fully saturated rings. The van der Waals surface area contributed by atoms with Crippen LogP contribution in [0.4, 0.5) is 0 Å². The fourth-order valence-corrected chi connectivity index (χ4v) is 2.40. The Morgan fingerprint density at radius 2 is 2.06 bits per heavy atom. The minimum atomic E-state index is -0.334. The molecule has 100 valence electrons. The molecule has 1 heterocycles. The van der Waals surface area contributed by atoms with Gasteiger partial charge in [-0.3, -0.25) is 4.79 Å². The number of ether oxygens (including phenoxy) is 2. The Balaban J connectivity index is 2.01. The zero-order chi connectivity index (χ0) is 13.3. The van der Waals surface area contributed by atoms with E-state index >= 15 is 0 Å². The molecular formula is C14H20O4. The van der Waals surface area contributed by atoms with Crippen LogP contribution in [0.5, 0.6) is 0 Å². The molecule has 1 saturated heterocycles. The Bertz CT molecular complexity index is 368. The maximum Gasteiger partial charge on any atom is 0.334 e. The Labute approximate surface area is 107 Å². The quantitative estimate of drug-likeness (QED) is 0.556. The van der Waals surface area contributed by atoms with Gasteiger partial charge in [-0.15, -0.1) is 0 Å². The average molecular weight is 252 g/mol. The highest BCUT2D eigenvalue weighted by Crippen LogP contribution is 2.33. The molecule has 1 aliphatic carbocycles. The molecule has 0 aromatic heterocycles. The molecule has 18 heavy (non-hydrogen) atoms. The van der Waals surface area contributed by atoms with Crippen LogP contribution in [0, 0.1) is 11.8 Å². The van der Waals surface area contributed by atoms with E-state index in [9.17, 15) is 9.59 Å². The van der Waals surface area contributed by atoms with Gasteiger partial charge in [0.2, 0.25) is 0 Å². The lowest BCUT2D eigenvalue weighted by molar-refractivity contribution is -0.146. The van der Waals surface area contributed by atoms with Gasteiger partial charge in [0.25, 0.3) is 0 Å². The molecule has 0 radical (unpaired) electrons. The topological polar surface area (TPSA) is 52.6 Å². The van der Waals surface area contributed by atoms with Crippen molar-refractivity contribution in [2.24, 2.45) is 11.8 Å². The number of esters is 2. The first kappa shape index (κ1) is 13.1. The highest BCUT2D eigenvalue weighted by Gasteiger charge is 2.38. The van der Waals surface area contributed by atoms with Gasteiger partial charge in [0.05, 0.1) is 0 Å². The van der Waals surface area contributed by atoms with Gasteiger partial charge in [-0.1, -0.05) is 20.4 Å². The second-order valence-electron chi connectivity index (χ2n) is 5.47. The van der Waals surface area contributed by atoms with Gasteiger partial charge in [0, 0.05) is 17.9 Å². The van der Waals surface area contributed by atoms with Crippen molar-refractivity contribution in [3.05, 3.63) is 12.2 Å². The lowest BCUT2D eigenvalue weighted by Gasteiger charge is -2.26. The first-order valence-electron chi connectivity index (χ1n) is 6.58. The summed E-state index contributed by atoms with van der Waals surface area (Å²) < 4.78 is 10.5. The summed E-state index contributed by atoms with van der Waals surface area (Å²) in [6.45, 7) is 7.87. The van der Waals surface area contributed by atoms with Crippen molar-refractivity contribution in [2.75, 3.05) is 0 Å². The van der Waals surface area contributed by atoms with Crippen LogP contribution in [-0.2, 0) is 19.1 Å². The van der Waals surface area contributed by atoms with Crippen molar-refractivity contribution in [2.45, 2.75) is 51.7 Å². The summed E-state index contributed by atoms with van der Waals surface area (Å²) in [5, 5.41) is 0. The molecule has 1 unspecified atom stereocenters. The van der Waals surface area contributed by atoms with Gasteiger partial charge in [-0.25, -0.2) is 4.79 Å². The molecule has 0 amide bonds. The van der Waals surface area contributed by atoms with Crippen molar-refractivity contribution in [3.8, 4) is 0 Å². The summed E-state index contributed by atoms with van der Waals surface area (Å²) in [4.78, 5) is 23.1. The van der Waals surface area contributed by atoms with E-state index in [2.05, 4.69) is 6.58 Å². The number of hydrogen-bond acceptors (Lipinski definition) is 4. The summed E-state index contributed by atoms with van der Waals surface area (Å²) in [7, 11) is 0. The van der Waals surface area contributed by atoms with Crippen LogP contribution >= 0.6 is 0 Å². The van der Waals surface area contributed by atoms with E-state index < -0.39 is 0 Å². The molecule has 4 heteroatoms. The van der Waals surface area contributed by atoms with E-state index in [1.165, 1.54) is 0 Å². The van der Waals surface area contributed by atoms with Crippen molar-refractivity contribution >= 4 is 11.9 Å². The molecule has 0 aromatic carbocycles. The van der Waals surface area contributed by atoms with Crippen molar-refractivity contribution in [1.82, 2.24) is 0 Å². The molecular weight excluding hydrogens is 232 g/mol. The fourth-order valence-electron chi connectivity index (χ4n) is 2.40. The zero-order valence-electron chi connectivity index (χ0n) is 11.0. The number of carbonyl (C=O) groups is 2. The smallest absolute Gasteiger partial charge is 0.334 e. The van der Waals surface area contributed by atoms with Gasteiger partial charge in [0.1, 0.15) is 12.2 Å². The van der Waals surface area contributed by atoms with Crippen LogP contribution in [-0.4, -0.2) is 24.1 Å². The highest BCUT2D eigenvalue weighted by molar-refractivity contribution is 5.89. The molecule has 0 spiro atoms. The maximum absolute atomic E-state index is 11.9. The van der Waals surface area contributed by atoms with E-state index in [0.717, 1.165) is 12.8 Å². The highest BCUT2D eigenvalue weighted by atomic mass is 16.6. The first-order valence-corrected chi connectivity index (χ1v) is 6.58. The standard InChI is InChI=1S/C14H20O4/c1-8(2)13(11-6-7-12(15)18-11)9(3)14(16)17-10-4-5-10/h8,10-11,13H,3-7H2,1-2H3/t11-,13?/m1/s1. The third-order valence-electron chi connectivity index (χ3n) is 3.50. The summed E-state index contributed by atoms with van der Waals surface area (Å²) in [6, 6.07) is 0. The van der Waals surface area contributed by atoms with Crippen LogP contribution in [0.15, 0.2) is 12.2 Å². The molecule has 2 atom stereocenters. The van der Waals surface area contributed by atoms with E-state index in [1.54, 1.807) is 0 Å². The van der Waals surface area contributed by atoms with E-state index in [1.807, 2.05) is 13.8 Å². The molecule has 0 aromatic rings. The van der Waals surface area contributed by atoms with Crippen LogP contribution < -0.4 is 0 Å². The third kappa shape index (κ3) is 2.92. The third-order valence-corrected chi connectivity index (χ3v) is 3.50. The van der Waals surface area contributed by atoms with Gasteiger partial charge >= 0.3 is 11.9 Å². The Hall–Kier alpha value is -1.32. The largest absolute Gasteiger partial charge is 0.462 e. The Kier molecular flexibility index (Phi) is 3.73. The van der Waals surface area contributed by atoms with E-state index in [4.69, 9.17) is 9.47 Å². The fraction of sp³-hybridized carbons (Fsp3) is 0.714. The van der Waals surface area contributed by atoms with Gasteiger partial charge < -0.3 is 9.47 Å². The second kappa shape index (κ2) is 5.12. The molecule has 0 N–H and O–H groups in total. The minimum absolute atomic E-state index is 0.0770. The first-order chi connectivity index (χ1) is 8.49. The van der Waals surface area contributed by atoms with Crippen LogP contribution in [0.2, 0.25) is 0 Å². The Morgan fingerprint density at radius 1 is 1.39 bits per heavy atom. The van der Waals surface area contributed by atoms with Crippen LogP contribution in [0.1, 0.15) is 39.5 Å². The molecule has 1 saturated carbocycles. The molecule has 0 bridgehead atoms. The van der Waals surface area contributed by atoms with E-state index in [-0.39, 0.29) is 36.0 Å². The SMILES string of the molecule is C=C(C(=O)OC1CC1)C(C(C)C)[C@H]1CCC(=O)O1. The van der Waals surface area contributed by atoms with Crippen molar-refractivity contribution < 1.29 is 19.1 Å². The molecule has 2 aliphatic rings. The van der Waals surface area contributed by atoms with Gasteiger partial charge in [-0.2, -0.15) is 0 Å². The number of rotatable bonds is 5. The summed E-state index contributed by atoms with van der Waals surface area (Å²) in [5.74, 6) is -0.462. The van der Waals surface area contributed by atoms with Crippen LogP contribution in [0.3, 0.4) is 0 Å². The average Bonchev–Trinajstić information content (AvgIpc) is 3.00. The molecule has 4 nitrogen and oxygen atoms in total. The second-order valence-corrected chi connectivity index (χ2v) is 5.47. The van der Waals surface area contributed by atoms with Crippen LogP contribution in [0.25, 0.3) is 0 Å². The van der Waals surface area contributed by atoms with Crippen molar-refractivity contribution in [3.63, 3.8) is 0 Å². The predicted molar refractivity (Wildman–Crippen MR) is 65.7 cm³/mol. The normalized spacial score (nSPS) is 24.8. The minimum Gasteiger partial charge on any atom is -0.462 e. The summed E-state index contributed by atoms with van der Waals surface area (Å²) in [6.07, 6.45) is 2.84.